The Labute approximate surface area is 155 Å². The number of carbonyl (C=O) groups excluding carboxylic acids is 1. The summed E-state index contributed by atoms with van der Waals surface area (Å²) in [5.74, 6) is 1.34. The van der Waals surface area contributed by atoms with Crippen molar-refractivity contribution >= 4 is 35.0 Å². The molecule has 0 aliphatic carbocycles. The molecule has 2 aromatic carbocycles. The lowest BCUT2D eigenvalue weighted by molar-refractivity contribution is -0.113. The number of thioether (sulfide) groups is 1. The maximum absolute atomic E-state index is 12.2. The molecule has 0 saturated heterocycles. The number of ether oxygens (including phenoxy) is 1. The van der Waals surface area contributed by atoms with E-state index in [0.29, 0.717) is 27.2 Å². The Morgan fingerprint density at radius 3 is 2.60 bits per heavy atom. The maximum Gasteiger partial charge on any atom is 0.234 e. The summed E-state index contributed by atoms with van der Waals surface area (Å²) in [7, 11) is 0. The number of aromatic nitrogens is 1. The van der Waals surface area contributed by atoms with Crippen molar-refractivity contribution in [1.29, 1.82) is 0 Å². The standard InChI is InChI=1S/C19H15ClN2O2S/c20-15-9-6-12-21-19(15)25-13-18(23)22-16-10-4-5-11-17(16)24-14-7-2-1-3-8-14/h1-12H,13H2,(H,22,23). The van der Waals surface area contributed by atoms with Gasteiger partial charge in [0.25, 0.3) is 0 Å². The molecule has 0 bridgehead atoms. The zero-order chi connectivity index (χ0) is 17.5. The van der Waals surface area contributed by atoms with Gasteiger partial charge in [0.1, 0.15) is 10.8 Å². The smallest absolute Gasteiger partial charge is 0.234 e. The first-order valence-electron chi connectivity index (χ1n) is 7.57. The van der Waals surface area contributed by atoms with E-state index in [-0.39, 0.29) is 11.7 Å². The fraction of sp³-hybridized carbons (Fsp3) is 0.0526. The van der Waals surface area contributed by atoms with E-state index in [4.69, 9.17) is 16.3 Å². The lowest BCUT2D eigenvalue weighted by Crippen LogP contribution is -2.14. The normalized spacial score (nSPS) is 10.3. The average molecular weight is 371 g/mol. The molecule has 25 heavy (non-hydrogen) atoms. The number of pyridine rings is 1. The fourth-order valence-corrected chi connectivity index (χ4v) is 3.04. The van der Waals surface area contributed by atoms with Crippen molar-refractivity contribution in [2.75, 3.05) is 11.1 Å². The van der Waals surface area contributed by atoms with E-state index in [0.717, 1.165) is 0 Å². The number of nitrogens with zero attached hydrogens (tertiary/aromatic N) is 1. The predicted octanol–water partition coefficient (Wildman–Crippen LogP) is 5.26. The number of carbonyl (C=O) groups is 1. The van der Waals surface area contributed by atoms with E-state index in [9.17, 15) is 4.79 Å². The highest BCUT2D eigenvalue weighted by atomic mass is 35.5. The minimum absolute atomic E-state index is 0.157. The van der Waals surface area contributed by atoms with Gasteiger partial charge < -0.3 is 10.1 Å². The Kier molecular flexibility index (Phi) is 5.93. The number of amides is 1. The molecule has 1 N–H and O–H groups in total. The maximum atomic E-state index is 12.2. The van der Waals surface area contributed by atoms with Crippen LogP contribution in [0.3, 0.4) is 0 Å². The lowest BCUT2D eigenvalue weighted by Gasteiger charge is -2.12. The van der Waals surface area contributed by atoms with Gasteiger partial charge >= 0.3 is 0 Å². The van der Waals surface area contributed by atoms with Crippen molar-refractivity contribution in [2.24, 2.45) is 0 Å². The van der Waals surface area contributed by atoms with Crippen LogP contribution in [-0.4, -0.2) is 16.6 Å². The number of hydrogen-bond donors (Lipinski definition) is 1. The first-order chi connectivity index (χ1) is 12.2. The molecule has 126 valence electrons. The lowest BCUT2D eigenvalue weighted by atomic mass is 10.3. The summed E-state index contributed by atoms with van der Waals surface area (Å²) >= 11 is 7.34. The summed E-state index contributed by atoms with van der Waals surface area (Å²) in [6.45, 7) is 0. The molecule has 1 aromatic heterocycles. The van der Waals surface area contributed by atoms with Crippen molar-refractivity contribution in [3.8, 4) is 11.5 Å². The Balaban J connectivity index is 1.64. The van der Waals surface area contributed by atoms with Gasteiger partial charge in [0, 0.05) is 6.20 Å². The van der Waals surface area contributed by atoms with Crippen molar-refractivity contribution in [3.63, 3.8) is 0 Å². The van der Waals surface area contributed by atoms with Crippen LogP contribution in [0.1, 0.15) is 0 Å². The van der Waals surface area contributed by atoms with Gasteiger partial charge in [0.2, 0.25) is 5.91 Å². The second kappa shape index (κ2) is 8.55. The molecule has 1 amide bonds. The molecule has 6 heteroatoms. The number of benzene rings is 2. The third kappa shape index (κ3) is 4.98. The second-order valence-corrected chi connectivity index (χ2v) is 6.41. The van der Waals surface area contributed by atoms with Crippen LogP contribution in [0.25, 0.3) is 0 Å². The molecular formula is C19H15ClN2O2S. The Bertz CT molecular complexity index is 859. The van der Waals surface area contributed by atoms with E-state index in [1.165, 1.54) is 11.8 Å². The van der Waals surface area contributed by atoms with Gasteiger partial charge in [0.15, 0.2) is 5.75 Å². The number of rotatable bonds is 6. The van der Waals surface area contributed by atoms with E-state index in [1.54, 1.807) is 24.4 Å². The van der Waals surface area contributed by atoms with E-state index in [1.807, 2.05) is 48.5 Å². The van der Waals surface area contributed by atoms with Crippen LogP contribution in [0.4, 0.5) is 5.69 Å². The van der Waals surface area contributed by atoms with Crippen LogP contribution in [0, 0.1) is 0 Å². The molecule has 0 unspecified atom stereocenters. The van der Waals surface area contributed by atoms with Crippen LogP contribution in [0.2, 0.25) is 5.02 Å². The van der Waals surface area contributed by atoms with Crippen LogP contribution in [0.15, 0.2) is 78.0 Å². The Hall–Kier alpha value is -2.50. The molecular weight excluding hydrogens is 356 g/mol. The molecule has 3 rings (SSSR count). The molecule has 0 aliphatic rings. The molecule has 0 aliphatic heterocycles. The first kappa shape index (κ1) is 17.3. The molecule has 0 atom stereocenters. The quantitative estimate of drug-likeness (QED) is 0.601. The van der Waals surface area contributed by atoms with Crippen molar-refractivity contribution < 1.29 is 9.53 Å². The molecule has 1 heterocycles. The van der Waals surface area contributed by atoms with Gasteiger partial charge in [-0.25, -0.2) is 4.98 Å². The van der Waals surface area contributed by atoms with Crippen LogP contribution < -0.4 is 10.1 Å². The van der Waals surface area contributed by atoms with E-state index >= 15 is 0 Å². The van der Waals surface area contributed by atoms with Gasteiger partial charge in [0.05, 0.1) is 16.5 Å². The number of hydrogen-bond acceptors (Lipinski definition) is 4. The van der Waals surface area contributed by atoms with Gasteiger partial charge in [-0.3, -0.25) is 4.79 Å². The van der Waals surface area contributed by atoms with Crippen molar-refractivity contribution in [3.05, 3.63) is 77.9 Å². The van der Waals surface area contributed by atoms with E-state index in [2.05, 4.69) is 10.3 Å². The summed E-state index contributed by atoms with van der Waals surface area (Å²) in [5, 5.41) is 4.03. The highest BCUT2D eigenvalue weighted by Gasteiger charge is 2.10. The molecule has 4 nitrogen and oxygen atoms in total. The van der Waals surface area contributed by atoms with E-state index < -0.39 is 0 Å². The fourth-order valence-electron chi connectivity index (χ4n) is 2.07. The number of anilines is 1. The topological polar surface area (TPSA) is 51.2 Å². The summed E-state index contributed by atoms with van der Waals surface area (Å²) in [4.78, 5) is 16.4. The van der Waals surface area contributed by atoms with Gasteiger partial charge in [-0.15, -0.1) is 0 Å². The van der Waals surface area contributed by atoms with Gasteiger partial charge in [-0.05, 0) is 36.4 Å². The van der Waals surface area contributed by atoms with Crippen LogP contribution >= 0.6 is 23.4 Å². The minimum atomic E-state index is -0.157. The summed E-state index contributed by atoms with van der Waals surface area (Å²) in [6, 6.07) is 20.2. The van der Waals surface area contributed by atoms with Crippen molar-refractivity contribution in [2.45, 2.75) is 5.03 Å². The van der Waals surface area contributed by atoms with Crippen LogP contribution in [0.5, 0.6) is 11.5 Å². The second-order valence-electron chi connectivity index (χ2n) is 5.04. The Morgan fingerprint density at radius 2 is 1.80 bits per heavy atom. The molecule has 0 radical (unpaired) electrons. The molecule has 0 spiro atoms. The highest BCUT2D eigenvalue weighted by Crippen LogP contribution is 2.30. The summed E-state index contributed by atoms with van der Waals surface area (Å²) in [6.07, 6.45) is 1.65. The molecule has 0 fully saturated rings. The SMILES string of the molecule is O=C(CSc1ncccc1Cl)Nc1ccccc1Oc1ccccc1. The minimum Gasteiger partial charge on any atom is -0.455 e. The average Bonchev–Trinajstić information content (AvgIpc) is 2.64. The zero-order valence-electron chi connectivity index (χ0n) is 13.2. The number of halogens is 1. The molecule has 0 saturated carbocycles. The van der Waals surface area contributed by atoms with Crippen molar-refractivity contribution in [1.82, 2.24) is 4.98 Å². The third-order valence-corrected chi connectivity index (χ3v) is 4.62. The van der Waals surface area contributed by atoms with Crippen LogP contribution in [-0.2, 0) is 4.79 Å². The highest BCUT2D eigenvalue weighted by molar-refractivity contribution is 8.00. The Morgan fingerprint density at radius 1 is 1.04 bits per heavy atom. The third-order valence-electron chi connectivity index (χ3n) is 3.20. The largest absolute Gasteiger partial charge is 0.455 e. The number of para-hydroxylation sites is 3. The predicted molar refractivity (Wildman–Crippen MR) is 102 cm³/mol. The van der Waals surface area contributed by atoms with Gasteiger partial charge in [-0.2, -0.15) is 0 Å². The summed E-state index contributed by atoms with van der Waals surface area (Å²) in [5.41, 5.74) is 0.615. The number of nitrogens with one attached hydrogen (secondary N) is 1. The monoisotopic (exact) mass is 370 g/mol. The zero-order valence-corrected chi connectivity index (χ0v) is 14.8. The molecule has 3 aromatic rings. The van der Waals surface area contributed by atoms with Gasteiger partial charge in [-0.1, -0.05) is 53.7 Å². The summed E-state index contributed by atoms with van der Waals surface area (Å²) < 4.78 is 5.84. The first-order valence-corrected chi connectivity index (χ1v) is 8.94.